The minimum atomic E-state index is -4.26. The molecule has 1 aliphatic carbocycles. The van der Waals surface area contributed by atoms with Crippen molar-refractivity contribution in [3.8, 4) is 0 Å². The van der Waals surface area contributed by atoms with Crippen LogP contribution in [0.5, 0.6) is 0 Å². The highest BCUT2D eigenvalue weighted by molar-refractivity contribution is 7.90. The lowest BCUT2D eigenvalue weighted by Crippen LogP contribution is -2.39. The Morgan fingerprint density at radius 1 is 1.14 bits per heavy atom. The summed E-state index contributed by atoms with van der Waals surface area (Å²) in [5.41, 5.74) is 1.42. The average Bonchev–Trinajstić information content (AvgIpc) is 3.45. The molecule has 2 N–H and O–H groups in total. The maximum absolute atomic E-state index is 13.3. The van der Waals surface area contributed by atoms with Crippen LogP contribution in [0.3, 0.4) is 0 Å². The van der Waals surface area contributed by atoms with Gasteiger partial charge in [0.15, 0.2) is 5.65 Å². The Kier molecular flexibility index (Phi) is 6.29. The van der Waals surface area contributed by atoms with Crippen LogP contribution in [0.25, 0.3) is 22.1 Å². The lowest BCUT2D eigenvalue weighted by molar-refractivity contribution is -0.126. The Bertz CT molecular complexity index is 1490. The minimum Gasteiger partial charge on any atom is -0.385 e. The fourth-order valence-corrected chi connectivity index (χ4v) is 6.35. The fourth-order valence-electron chi connectivity index (χ4n) is 5.03. The van der Waals surface area contributed by atoms with Crippen molar-refractivity contribution in [1.29, 1.82) is 0 Å². The molecule has 1 aliphatic rings. The predicted octanol–water partition coefficient (Wildman–Crippen LogP) is 4.31. The number of alkyl halides is 3. The zero-order valence-electron chi connectivity index (χ0n) is 19.5. The molecule has 36 heavy (non-hydrogen) atoms. The summed E-state index contributed by atoms with van der Waals surface area (Å²) in [5.74, 6) is 0.421. The molecule has 192 valence electrons. The number of imidazole rings is 1. The summed E-state index contributed by atoms with van der Waals surface area (Å²) in [6.07, 6.45) is 0.0478. The maximum Gasteiger partial charge on any atom is 0.401 e. The predicted molar refractivity (Wildman–Crippen MR) is 128 cm³/mol. The Hall–Kier alpha value is -2.96. The lowest BCUT2D eigenvalue weighted by atomic mass is 9.90. The highest BCUT2D eigenvalue weighted by atomic mass is 32.2. The summed E-state index contributed by atoms with van der Waals surface area (Å²) < 4.78 is 67.5. The number of rotatable bonds is 6. The molecule has 0 saturated heterocycles. The van der Waals surface area contributed by atoms with E-state index >= 15 is 0 Å². The summed E-state index contributed by atoms with van der Waals surface area (Å²) in [6.45, 7) is 0.578. The molecule has 8 nitrogen and oxygen atoms in total. The number of aliphatic hydroxyl groups is 1. The second kappa shape index (κ2) is 9.16. The van der Waals surface area contributed by atoms with E-state index in [-0.39, 0.29) is 22.6 Å². The highest BCUT2D eigenvalue weighted by Crippen LogP contribution is 2.37. The quantitative estimate of drug-likeness (QED) is 0.392. The van der Waals surface area contributed by atoms with Gasteiger partial charge in [-0.1, -0.05) is 18.2 Å². The molecule has 0 amide bonds. The molecular weight excluding hydrogens is 495 g/mol. The summed E-state index contributed by atoms with van der Waals surface area (Å²) in [5, 5.41) is 13.6. The smallest absolute Gasteiger partial charge is 0.385 e. The number of benzene rings is 1. The van der Waals surface area contributed by atoms with Gasteiger partial charge >= 0.3 is 6.18 Å². The molecule has 3 heterocycles. The van der Waals surface area contributed by atoms with Gasteiger partial charge in [-0.2, -0.15) is 13.2 Å². The van der Waals surface area contributed by atoms with Crippen LogP contribution in [0.2, 0.25) is 0 Å². The molecule has 0 bridgehead atoms. The van der Waals surface area contributed by atoms with Crippen molar-refractivity contribution in [3.63, 3.8) is 0 Å². The Balaban J connectivity index is 1.55. The fraction of sp³-hybridized carbons (Fsp3) is 0.417. The van der Waals surface area contributed by atoms with Gasteiger partial charge in [0.2, 0.25) is 0 Å². The van der Waals surface area contributed by atoms with Crippen molar-refractivity contribution in [2.24, 2.45) is 0 Å². The lowest BCUT2D eigenvalue weighted by Gasteiger charge is -2.32. The summed E-state index contributed by atoms with van der Waals surface area (Å²) in [6, 6.07) is 9.38. The molecule has 1 aromatic carbocycles. The van der Waals surface area contributed by atoms with Crippen LogP contribution < -0.4 is 5.32 Å². The molecule has 1 saturated carbocycles. The summed E-state index contributed by atoms with van der Waals surface area (Å²) in [4.78, 5) is 9.10. The standard InChI is InChI=1S/C24H26F3N5O3S/c1-15(33)22-30-20-13-28-23-19(11-12-31(23)36(34,35)18-5-3-2-4-6-18)21(20)32(22)17-9-7-16(8-10-17)29-14-24(25,26)27/h2-6,11-13,15-17,29,33H,7-10,14H2,1H3/t15-,16?,17?/m1/s1. The van der Waals surface area contributed by atoms with Crippen molar-refractivity contribution >= 4 is 32.1 Å². The third-order valence-corrected chi connectivity index (χ3v) is 8.36. The van der Waals surface area contributed by atoms with Crippen LogP contribution in [0.4, 0.5) is 13.2 Å². The third-order valence-electron chi connectivity index (χ3n) is 6.68. The third kappa shape index (κ3) is 4.48. The van der Waals surface area contributed by atoms with E-state index in [2.05, 4.69) is 15.3 Å². The van der Waals surface area contributed by atoms with E-state index in [1.807, 2.05) is 4.57 Å². The van der Waals surface area contributed by atoms with Gasteiger partial charge in [-0.05, 0) is 50.8 Å². The number of hydrogen-bond acceptors (Lipinski definition) is 6. The molecule has 0 aliphatic heterocycles. The molecule has 4 aromatic rings. The monoisotopic (exact) mass is 521 g/mol. The Morgan fingerprint density at radius 3 is 2.47 bits per heavy atom. The first-order chi connectivity index (χ1) is 17.1. The first-order valence-electron chi connectivity index (χ1n) is 11.7. The van der Waals surface area contributed by atoms with E-state index < -0.39 is 28.8 Å². The van der Waals surface area contributed by atoms with Crippen LogP contribution in [-0.4, -0.2) is 50.8 Å². The van der Waals surface area contributed by atoms with E-state index in [4.69, 9.17) is 0 Å². The molecule has 5 rings (SSSR count). The van der Waals surface area contributed by atoms with Crippen LogP contribution in [0.15, 0.2) is 53.7 Å². The van der Waals surface area contributed by atoms with E-state index in [9.17, 15) is 26.7 Å². The molecule has 0 unspecified atom stereocenters. The summed E-state index contributed by atoms with van der Waals surface area (Å²) in [7, 11) is -3.89. The van der Waals surface area contributed by atoms with E-state index in [1.54, 1.807) is 31.2 Å². The van der Waals surface area contributed by atoms with Crippen molar-refractivity contribution in [1.82, 2.24) is 23.8 Å². The summed E-state index contributed by atoms with van der Waals surface area (Å²) >= 11 is 0. The number of aromatic nitrogens is 4. The van der Waals surface area contributed by atoms with Crippen LogP contribution in [-0.2, 0) is 10.0 Å². The molecule has 12 heteroatoms. The molecule has 0 spiro atoms. The van der Waals surface area contributed by atoms with Gasteiger partial charge in [0.05, 0.1) is 23.2 Å². The highest BCUT2D eigenvalue weighted by Gasteiger charge is 2.32. The normalized spacial score (nSPS) is 20.2. The van der Waals surface area contributed by atoms with Gasteiger partial charge in [0.25, 0.3) is 10.0 Å². The van der Waals surface area contributed by atoms with Gasteiger partial charge in [-0.3, -0.25) is 0 Å². The number of pyridine rings is 1. The number of fused-ring (bicyclic) bond motifs is 3. The van der Waals surface area contributed by atoms with Crippen molar-refractivity contribution in [2.45, 2.75) is 61.9 Å². The zero-order chi connectivity index (χ0) is 25.7. The van der Waals surface area contributed by atoms with Crippen molar-refractivity contribution in [2.75, 3.05) is 6.54 Å². The largest absolute Gasteiger partial charge is 0.401 e. The number of nitrogens with zero attached hydrogens (tertiary/aromatic N) is 4. The average molecular weight is 522 g/mol. The number of nitrogens with one attached hydrogen (secondary N) is 1. The van der Waals surface area contributed by atoms with Gasteiger partial charge in [-0.15, -0.1) is 0 Å². The van der Waals surface area contributed by atoms with Crippen LogP contribution in [0, 0.1) is 0 Å². The molecular formula is C24H26F3N5O3S. The van der Waals surface area contributed by atoms with E-state index in [1.165, 1.54) is 24.5 Å². The Labute approximate surface area is 205 Å². The molecule has 1 fully saturated rings. The topological polar surface area (TPSA) is 102 Å². The van der Waals surface area contributed by atoms with Gasteiger partial charge in [0, 0.05) is 23.7 Å². The first kappa shape index (κ1) is 24.7. The van der Waals surface area contributed by atoms with Gasteiger partial charge in [0.1, 0.15) is 17.4 Å². The Morgan fingerprint density at radius 2 is 1.83 bits per heavy atom. The number of aliphatic hydroxyl groups excluding tert-OH is 1. The number of hydrogen-bond donors (Lipinski definition) is 2. The zero-order valence-corrected chi connectivity index (χ0v) is 20.3. The van der Waals surface area contributed by atoms with E-state index in [0.29, 0.717) is 47.9 Å². The van der Waals surface area contributed by atoms with Gasteiger partial charge in [-0.25, -0.2) is 22.4 Å². The van der Waals surface area contributed by atoms with Crippen LogP contribution in [0.1, 0.15) is 50.6 Å². The van der Waals surface area contributed by atoms with Gasteiger partial charge < -0.3 is 15.0 Å². The van der Waals surface area contributed by atoms with Crippen LogP contribution >= 0.6 is 0 Å². The van der Waals surface area contributed by atoms with Crippen molar-refractivity contribution in [3.05, 3.63) is 54.6 Å². The second-order valence-corrected chi connectivity index (χ2v) is 11.0. The maximum atomic E-state index is 13.3. The second-order valence-electron chi connectivity index (χ2n) is 9.18. The van der Waals surface area contributed by atoms with E-state index in [0.717, 1.165) is 3.97 Å². The molecule has 1 atom stereocenters. The molecule has 3 aromatic heterocycles. The molecule has 0 radical (unpaired) electrons. The minimum absolute atomic E-state index is 0.108. The van der Waals surface area contributed by atoms with Crippen molar-refractivity contribution < 1.29 is 26.7 Å². The first-order valence-corrected chi connectivity index (χ1v) is 13.2. The SMILES string of the molecule is C[C@@H](O)c1nc2cnc3c(ccn3S(=O)(=O)c3ccccc3)c2n1C1CCC(NCC(F)(F)F)CC1. The number of halogens is 3.